The Kier molecular flexibility index (Phi) is 7.24. The third-order valence-corrected chi connectivity index (χ3v) is 3.92. The van der Waals surface area contributed by atoms with Crippen molar-refractivity contribution in [3.05, 3.63) is 0 Å². The average molecular weight is 250 g/mol. The van der Waals surface area contributed by atoms with E-state index in [1.165, 1.54) is 12.8 Å². The third-order valence-electron chi connectivity index (χ3n) is 3.26. The molecule has 0 spiro atoms. The Morgan fingerprint density at radius 1 is 1.19 bits per heavy atom. The lowest BCUT2D eigenvalue weighted by atomic mass is 9.84. The molecule has 0 rings (SSSR count). The molecule has 98 valence electrons. The van der Waals surface area contributed by atoms with Gasteiger partial charge in [-0.1, -0.05) is 46.5 Å². The predicted octanol–water partition coefficient (Wildman–Crippen LogP) is 3.20. The van der Waals surface area contributed by atoms with Crippen LogP contribution in [-0.4, -0.2) is 20.8 Å². The molecule has 0 aromatic rings. The number of unbranched alkanes of at least 4 members (excludes halogenated alkanes) is 1. The van der Waals surface area contributed by atoms with Crippen LogP contribution in [0.25, 0.3) is 0 Å². The maximum absolute atomic E-state index is 11.0. The minimum atomic E-state index is -3.33. The van der Waals surface area contributed by atoms with Gasteiger partial charge in [0, 0.05) is 0 Å². The van der Waals surface area contributed by atoms with Crippen molar-refractivity contribution in [2.45, 2.75) is 59.5 Å². The highest BCUT2D eigenvalue weighted by molar-refractivity contribution is 7.86. The molecular weight excluding hydrogens is 224 g/mol. The molecule has 16 heavy (non-hydrogen) atoms. The molecule has 0 fully saturated rings. The molecule has 3 nitrogen and oxygen atoms in total. The van der Waals surface area contributed by atoms with Gasteiger partial charge in [-0.15, -0.1) is 0 Å². The van der Waals surface area contributed by atoms with E-state index < -0.39 is 10.1 Å². The van der Waals surface area contributed by atoms with Gasteiger partial charge >= 0.3 is 0 Å². The van der Waals surface area contributed by atoms with Crippen LogP contribution in [0.3, 0.4) is 0 Å². The maximum Gasteiger partial charge on any atom is 0.264 e. The summed E-state index contributed by atoms with van der Waals surface area (Å²) in [5.74, 6) is 0.836. The largest absolute Gasteiger partial charge is 0.267 e. The molecule has 0 saturated heterocycles. The number of rotatable bonds is 8. The van der Waals surface area contributed by atoms with E-state index in [2.05, 4.69) is 20.8 Å². The van der Waals surface area contributed by atoms with Gasteiger partial charge < -0.3 is 0 Å². The highest BCUT2D eigenvalue weighted by Crippen LogP contribution is 2.26. The second-order valence-electron chi connectivity index (χ2n) is 4.68. The Morgan fingerprint density at radius 3 is 2.12 bits per heavy atom. The molecule has 0 radical (unpaired) electrons. The van der Waals surface area contributed by atoms with Crippen molar-refractivity contribution < 1.29 is 12.6 Å². The molecule has 0 amide bonds. The summed E-state index contributed by atoms with van der Waals surface area (Å²) in [6.45, 7) is 8.26. The lowest BCUT2D eigenvalue weighted by Crippen LogP contribution is -2.27. The summed E-state index contributed by atoms with van der Waals surface area (Å²) < 4.78 is 27.1. The zero-order chi connectivity index (χ0) is 12.8. The van der Waals surface area contributed by atoms with Crippen LogP contribution in [0.15, 0.2) is 0 Å². The highest BCUT2D eigenvalue weighted by atomic mass is 32.2. The molecule has 0 N–H and O–H groups in total. The third kappa shape index (κ3) is 6.48. The molecule has 3 atom stereocenters. The monoisotopic (exact) mass is 250 g/mol. The Morgan fingerprint density at radius 2 is 1.75 bits per heavy atom. The first-order valence-corrected chi connectivity index (χ1v) is 8.01. The Hall–Kier alpha value is -0.0900. The smallest absolute Gasteiger partial charge is 0.264 e. The van der Waals surface area contributed by atoms with Gasteiger partial charge in [-0.3, -0.25) is 4.18 Å². The summed E-state index contributed by atoms with van der Waals surface area (Å²) in [6.07, 6.45) is 5.52. The van der Waals surface area contributed by atoms with Gasteiger partial charge in [0.15, 0.2) is 0 Å². The van der Waals surface area contributed by atoms with Crippen LogP contribution in [-0.2, 0) is 14.3 Å². The topological polar surface area (TPSA) is 43.4 Å². The first-order valence-electron chi connectivity index (χ1n) is 6.20. The van der Waals surface area contributed by atoms with Crippen LogP contribution in [0.4, 0.5) is 0 Å². The quantitative estimate of drug-likeness (QED) is 0.621. The van der Waals surface area contributed by atoms with Crippen LogP contribution >= 0.6 is 0 Å². The summed E-state index contributed by atoms with van der Waals surface area (Å²) in [7, 11) is -3.33. The van der Waals surface area contributed by atoms with Gasteiger partial charge in [-0.2, -0.15) is 8.42 Å². The van der Waals surface area contributed by atoms with Crippen molar-refractivity contribution >= 4 is 10.1 Å². The zero-order valence-electron chi connectivity index (χ0n) is 11.2. The molecule has 3 unspecified atom stereocenters. The van der Waals surface area contributed by atoms with E-state index in [9.17, 15) is 8.42 Å². The van der Waals surface area contributed by atoms with E-state index in [4.69, 9.17) is 4.18 Å². The normalized spacial score (nSPS) is 18.1. The SMILES string of the molecule is CCCCC(CC)C(C)C(C)OS(C)(=O)=O. The average Bonchev–Trinajstić information content (AvgIpc) is 2.16. The molecule has 0 aliphatic heterocycles. The van der Waals surface area contributed by atoms with Gasteiger partial charge in [0.1, 0.15) is 0 Å². The van der Waals surface area contributed by atoms with Crippen LogP contribution in [0.1, 0.15) is 53.4 Å². The summed E-state index contributed by atoms with van der Waals surface area (Å²) in [5.41, 5.74) is 0. The molecule has 0 saturated carbocycles. The fourth-order valence-electron chi connectivity index (χ4n) is 2.05. The number of hydrogen-bond acceptors (Lipinski definition) is 3. The summed E-state index contributed by atoms with van der Waals surface area (Å²) in [4.78, 5) is 0. The van der Waals surface area contributed by atoms with Crippen molar-refractivity contribution in [2.75, 3.05) is 6.26 Å². The Balaban J connectivity index is 4.31. The molecule has 0 aromatic heterocycles. The predicted molar refractivity (Wildman–Crippen MR) is 67.9 cm³/mol. The van der Waals surface area contributed by atoms with Gasteiger partial charge in [0.05, 0.1) is 12.4 Å². The van der Waals surface area contributed by atoms with Gasteiger partial charge in [-0.05, 0) is 18.8 Å². The molecule has 0 bridgehead atoms. The van der Waals surface area contributed by atoms with Crippen molar-refractivity contribution in [2.24, 2.45) is 11.8 Å². The minimum Gasteiger partial charge on any atom is -0.267 e. The van der Waals surface area contributed by atoms with E-state index in [1.807, 2.05) is 6.92 Å². The van der Waals surface area contributed by atoms with Crippen LogP contribution in [0, 0.1) is 11.8 Å². The van der Waals surface area contributed by atoms with E-state index in [0.29, 0.717) is 5.92 Å². The van der Waals surface area contributed by atoms with Gasteiger partial charge in [0.2, 0.25) is 0 Å². The standard InChI is InChI=1S/C12H26O3S/c1-6-8-9-12(7-2)10(3)11(4)15-16(5,13)14/h10-12H,6-9H2,1-5H3. The highest BCUT2D eigenvalue weighted by Gasteiger charge is 2.24. The van der Waals surface area contributed by atoms with Crippen molar-refractivity contribution in [1.29, 1.82) is 0 Å². The molecular formula is C12H26O3S. The molecule has 0 aromatic carbocycles. The Bertz CT molecular complexity index is 272. The van der Waals surface area contributed by atoms with Crippen LogP contribution in [0.2, 0.25) is 0 Å². The summed E-state index contributed by atoms with van der Waals surface area (Å²) in [5, 5.41) is 0. The first kappa shape index (κ1) is 15.9. The number of hydrogen-bond donors (Lipinski definition) is 0. The fraction of sp³-hybridized carbons (Fsp3) is 1.00. The van der Waals surface area contributed by atoms with Crippen molar-refractivity contribution in [3.63, 3.8) is 0 Å². The summed E-state index contributed by atoms with van der Waals surface area (Å²) in [6, 6.07) is 0. The maximum atomic E-state index is 11.0. The van der Waals surface area contributed by atoms with Crippen molar-refractivity contribution in [3.8, 4) is 0 Å². The molecule has 0 aliphatic carbocycles. The molecule has 4 heteroatoms. The molecule has 0 heterocycles. The lowest BCUT2D eigenvalue weighted by molar-refractivity contribution is 0.121. The van der Waals surface area contributed by atoms with Crippen molar-refractivity contribution in [1.82, 2.24) is 0 Å². The van der Waals surface area contributed by atoms with E-state index in [0.717, 1.165) is 19.1 Å². The zero-order valence-corrected chi connectivity index (χ0v) is 12.0. The van der Waals surface area contributed by atoms with Crippen LogP contribution < -0.4 is 0 Å². The van der Waals surface area contributed by atoms with E-state index in [1.54, 1.807) is 0 Å². The van der Waals surface area contributed by atoms with Gasteiger partial charge in [0.25, 0.3) is 10.1 Å². The lowest BCUT2D eigenvalue weighted by Gasteiger charge is -2.27. The summed E-state index contributed by atoms with van der Waals surface area (Å²) >= 11 is 0. The second-order valence-corrected chi connectivity index (χ2v) is 6.28. The van der Waals surface area contributed by atoms with Crippen LogP contribution in [0.5, 0.6) is 0 Å². The fourth-order valence-corrected chi connectivity index (χ4v) is 2.78. The Labute approximate surface area is 101 Å². The molecule has 0 aliphatic rings. The first-order chi connectivity index (χ1) is 7.31. The second kappa shape index (κ2) is 7.28. The van der Waals surface area contributed by atoms with E-state index in [-0.39, 0.29) is 12.0 Å². The van der Waals surface area contributed by atoms with Gasteiger partial charge in [-0.25, -0.2) is 0 Å². The minimum absolute atomic E-state index is 0.225. The van der Waals surface area contributed by atoms with E-state index >= 15 is 0 Å².